The molecule has 0 N–H and O–H groups in total. The van der Waals surface area contributed by atoms with Gasteiger partial charge >= 0.3 is 5.97 Å². The number of sulfone groups is 1. The van der Waals surface area contributed by atoms with Crippen LogP contribution in [0.5, 0.6) is 0 Å². The molecule has 0 saturated carbocycles. The summed E-state index contributed by atoms with van der Waals surface area (Å²) in [5.41, 5.74) is 0. The molecule has 0 aromatic carbocycles. The van der Waals surface area contributed by atoms with Crippen LogP contribution in [0, 0.1) is 0 Å². The summed E-state index contributed by atoms with van der Waals surface area (Å²) in [6.07, 6.45) is 0.947. The molecule has 9 heteroatoms. The van der Waals surface area contributed by atoms with Crippen molar-refractivity contribution in [1.82, 2.24) is 4.31 Å². The molecule has 16 heavy (non-hydrogen) atoms. The number of sulfonamides is 1. The lowest BCUT2D eigenvalue weighted by atomic mass is 10.7. The van der Waals surface area contributed by atoms with E-state index in [0.717, 1.165) is 17.7 Å². The van der Waals surface area contributed by atoms with E-state index in [1.807, 2.05) is 0 Å². The molecule has 0 aromatic heterocycles. The Morgan fingerprint density at radius 3 is 2.06 bits per heavy atom. The van der Waals surface area contributed by atoms with E-state index in [9.17, 15) is 21.6 Å². The Morgan fingerprint density at radius 1 is 1.19 bits per heavy atom. The monoisotopic (exact) mass is 273 g/mol. The minimum absolute atomic E-state index is 0.428. The third-order valence-electron chi connectivity index (χ3n) is 1.77. The molecule has 0 saturated heterocycles. The first kappa shape index (κ1) is 15.3. The summed E-state index contributed by atoms with van der Waals surface area (Å²) in [4.78, 5) is 10.8. The highest BCUT2D eigenvalue weighted by atomic mass is 32.2. The van der Waals surface area contributed by atoms with Gasteiger partial charge in [-0.25, -0.2) is 16.8 Å². The van der Waals surface area contributed by atoms with E-state index in [1.165, 1.54) is 7.05 Å². The molecule has 0 aliphatic heterocycles. The Labute approximate surface area is 95.3 Å². The second-order valence-corrected chi connectivity index (χ2v) is 7.73. The number of carbonyl (C=O) groups excluding carboxylic acids is 1. The Hall–Kier alpha value is -0.670. The average molecular weight is 273 g/mol. The maximum absolute atomic E-state index is 11.5. The molecule has 7 nitrogen and oxygen atoms in total. The van der Waals surface area contributed by atoms with Gasteiger partial charge in [0.1, 0.15) is 16.4 Å². The fourth-order valence-electron chi connectivity index (χ4n) is 0.757. The van der Waals surface area contributed by atoms with Gasteiger partial charge in [-0.05, 0) is 0 Å². The van der Waals surface area contributed by atoms with Crippen molar-refractivity contribution in [2.24, 2.45) is 0 Å². The van der Waals surface area contributed by atoms with E-state index in [1.54, 1.807) is 0 Å². The van der Waals surface area contributed by atoms with Crippen molar-refractivity contribution in [3.63, 3.8) is 0 Å². The number of carbonyl (C=O) groups is 1. The van der Waals surface area contributed by atoms with Gasteiger partial charge in [-0.2, -0.15) is 4.31 Å². The molecule has 0 rings (SSSR count). The molecular formula is C7H15NO6S2. The third kappa shape index (κ3) is 6.03. The SMILES string of the molecule is COC(=O)CN(C)S(=O)(=O)CCS(C)(=O)=O. The molecule has 0 amide bonds. The molecule has 0 heterocycles. The van der Waals surface area contributed by atoms with Gasteiger partial charge in [0.2, 0.25) is 10.0 Å². The Bertz CT molecular complexity index is 437. The molecule has 0 fully saturated rings. The molecule has 0 aromatic rings. The van der Waals surface area contributed by atoms with Crippen LogP contribution in [0.4, 0.5) is 0 Å². The first-order valence-corrected chi connectivity index (χ1v) is 7.94. The second kappa shape index (κ2) is 5.60. The van der Waals surface area contributed by atoms with Crippen molar-refractivity contribution in [1.29, 1.82) is 0 Å². The van der Waals surface area contributed by atoms with Gasteiger partial charge in [-0.3, -0.25) is 4.79 Å². The minimum atomic E-state index is -3.75. The quantitative estimate of drug-likeness (QED) is 0.544. The van der Waals surface area contributed by atoms with E-state index in [0.29, 0.717) is 0 Å². The lowest BCUT2D eigenvalue weighted by molar-refractivity contribution is -0.140. The molecule has 0 aliphatic carbocycles. The molecule has 0 spiro atoms. The van der Waals surface area contributed by atoms with Crippen LogP contribution >= 0.6 is 0 Å². The minimum Gasteiger partial charge on any atom is -0.468 e. The Kier molecular flexibility index (Phi) is 5.36. The van der Waals surface area contributed by atoms with Gasteiger partial charge in [0, 0.05) is 13.3 Å². The Morgan fingerprint density at radius 2 is 1.69 bits per heavy atom. The number of ether oxygens (including phenoxy) is 1. The summed E-state index contributed by atoms with van der Waals surface area (Å²) in [6, 6.07) is 0. The molecule has 96 valence electrons. The molecule has 0 unspecified atom stereocenters. The lowest BCUT2D eigenvalue weighted by Gasteiger charge is -2.15. The first-order chi connectivity index (χ1) is 7.08. The van der Waals surface area contributed by atoms with E-state index < -0.39 is 43.9 Å². The molecule has 0 aliphatic rings. The Balaban J connectivity index is 4.50. The zero-order valence-corrected chi connectivity index (χ0v) is 11.0. The number of likely N-dealkylation sites (N-methyl/N-ethyl adjacent to an activating group) is 1. The van der Waals surface area contributed by atoms with Gasteiger partial charge < -0.3 is 4.74 Å². The van der Waals surface area contributed by atoms with Crippen molar-refractivity contribution in [3.8, 4) is 0 Å². The lowest BCUT2D eigenvalue weighted by Crippen LogP contribution is -2.36. The molecule has 0 bridgehead atoms. The summed E-state index contributed by atoms with van der Waals surface area (Å²) in [5, 5.41) is 0. The van der Waals surface area contributed by atoms with Gasteiger partial charge in [0.05, 0.1) is 18.6 Å². The van der Waals surface area contributed by atoms with Crippen LogP contribution in [0.15, 0.2) is 0 Å². The molecular weight excluding hydrogens is 258 g/mol. The van der Waals surface area contributed by atoms with Gasteiger partial charge in [0.15, 0.2) is 0 Å². The normalized spacial score (nSPS) is 12.8. The number of esters is 1. The zero-order chi connectivity index (χ0) is 13.0. The predicted octanol–water partition coefficient (Wildman–Crippen LogP) is -1.53. The molecule has 0 atom stereocenters. The number of nitrogens with zero attached hydrogens (tertiary/aromatic N) is 1. The smallest absolute Gasteiger partial charge is 0.320 e. The van der Waals surface area contributed by atoms with Crippen LogP contribution in [0.1, 0.15) is 0 Å². The number of rotatable bonds is 6. The third-order valence-corrected chi connectivity index (χ3v) is 4.77. The second-order valence-electron chi connectivity index (χ2n) is 3.28. The van der Waals surface area contributed by atoms with Crippen molar-refractivity contribution in [2.45, 2.75) is 0 Å². The van der Waals surface area contributed by atoms with E-state index in [4.69, 9.17) is 0 Å². The highest BCUT2D eigenvalue weighted by Gasteiger charge is 2.22. The fraction of sp³-hybridized carbons (Fsp3) is 0.857. The highest BCUT2D eigenvalue weighted by molar-refractivity contribution is 7.93. The number of methoxy groups -OCH3 is 1. The van der Waals surface area contributed by atoms with Crippen molar-refractivity contribution in [2.75, 3.05) is 38.5 Å². The van der Waals surface area contributed by atoms with E-state index in [-0.39, 0.29) is 0 Å². The van der Waals surface area contributed by atoms with Gasteiger partial charge in [-0.1, -0.05) is 0 Å². The largest absolute Gasteiger partial charge is 0.468 e. The fourth-order valence-corrected chi connectivity index (χ4v) is 3.42. The average Bonchev–Trinajstić information content (AvgIpc) is 2.13. The van der Waals surface area contributed by atoms with Crippen molar-refractivity contribution >= 4 is 25.8 Å². The highest BCUT2D eigenvalue weighted by Crippen LogP contribution is 2.00. The number of hydrogen-bond donors (Lipinski definition) is 0. The van der Waals surface area contributed by atoms with Crippen LogP contribution in [0.25, 0.3) is 0 Å². The van der Waals surface area contributed by atoms with Crippen LogP contribution in [-0.2, 0) is 29.4 Å². The maximum atomic E-state index is 11.5. The number of hydrogen-bond acceptors (Lipinski definition) is 6. The maximum Gasteiger partial charge on any atom is 0.320 e. The van der Waals surface area contributed by atoms with Crippen LogP contribution in [-0.4, -0.2) is 65.6 Å². The summed E-state index contributed by atoms with van der Waals surface area (Å²) in [6.45, 7) is -0.428. The van der Waals surface area contributed by atoms with Crippen molar-refractivity contribution in [3.05, 3.63) is 0 Å². The van der Waals surface area contributed by atoms with Gasteiger partial charge in [0.25, 0.3) is 0 Å². The first-order valence-electron chi connectivity index (χ1n) is 4.27. The van der Waals surface area contributed by atoms with Crippen LogP contribution in [0.2, 0.25) is 0 Å². The van der Waals surface area contributed by atoms with Crippen molar-refractivity contribution < 1.29 is 26.4 Å². The summed E-state index contributed by atoms with van der Waals surface area (Å²) >= 11 is 0. The predicted molar refractivity (Wildman–Crippen MR) is 58.1 cm³/mol. The van der Waals surface area contributed by atoms with Crippen LogP contribution < -0.4 is 0 Å². The summed E-state index contributed by atoms with van der Waals surface area (Å²) in [7, 11) is -4.76. The summed E-state index contributed by atoms with van der Waals surface area (Å²) < 4.78 is 49.6. The topological polar surface area (TPSA) is 97.8 Å². The molecule has 0 radical (unpaired) electrons. The van der Waals surface area contributed by atoms with E-state index >= 15 is 0 Å². The van der Waals surface area contributed by atoms with Crippen LogP contribution in [0.3, 0.4) is 0 Å². The zero-order valence-electron chi connectivity index (χ0n) is 9.33. The van der Waals surface area contributed by atoms with Gasteiger partial charge in [-0.15, -0.1) is 0 Å². The standard InChI is InChI=1S/C7H15NO6S2/c1-8(6-7(9)14-2)16(12,13)5-4-15(3,10)11/h4-6H2,1-3H3. The van der Waals surface area contributed by atoms with E-state index in [2.05, 4.69) is 4.74 Å². The summed E-state index contributed by atoms with van der Waals surface area (Å²) in [5.74, 6) is -1.72.